The molecule has 1 aliphatic carbocycles. The van der Waals surface area contributed by atoms with Crippen LogP contribution >= 0.6 is 0 Å². The molecule has 2 aromatic rings. The van der Waals surface area contributed by atoms with Crippen molar-refractivity contribution in [3.63, 3.8) is 0 Å². The normalized spacial score (nSPS) is 15.0. The van der Waals surface area contributed by atoms with E-state index in [9.17, 15) is 9.59 Å². The molecule has 3 rings (SSSR count). The second kappa shape index (κ2) is 6.64. The highest BCUT2D eigenvalue weighted by Crippen LogP contribution is 2.32. The van der Waals surface area contributed by atoms with Gasteiger partial charge in [0.25, 0.3) is 0 Å². The Morgan fingerprint density at radius 2 is 2.22 bits per heavy atom. The summed E-state index contributed by atoms with van der Waals surface area (Å²) in [5.41, 5.74) is 1.34. The van der Waals surface area contributed by atoms with Crippen molar-refractivity contribution in [3.05, 3.63) is 58.8 Å². The third-order valence-electron chi connectivity index (χ3n) is 4.01. The van der Waals surface area contributed by atoms with Gasteiger partial charge in [-0.25, -0.2) is 14.6 Å². The number of carbonyl (C=O) groups excluding carboxylic acids is 1. The maximum absolute atomic E-state index is 12.0. The number of benzene rings is 1. The first kappa shape index (κ1) is 15.3. The summed E-state index contributed by atoms with van der Waals surface area (Å²) in [6.07, 6.45) is 5.55. The summed E-state index contributed by atoms with van der Waals surface area (Å²) in [6, 6.07) is 9.19. The Morgan fingerprint density at radius 3 is 2.96 bits per heavy atom. The smallest absolute Gasteiger partial charge is 0.335 e. The molecular formula is C17H20N4O2. The summed E-state index contributed by atoms with van der Waals surface area (Å²) < 4.78 is 1.52. The molecule has 1 atom stereocenters. The van der Waals surface area contributed by atoms with Crippen molar-refractivity contribution in [2.75, 3.05) is 5.32 Å². The highest BCUT2D eigenvalue weighted by molar-refractivity contribution is 5.89. The summed E-state index contributed by atoms with van der Waals surface area (Å²) in [7, 11) is 0. The SMILES string of the molecule is CC(NC(=O)Nc1cccc(Cn2cccnc2=O)c1)C1CC1. The minimum Gasteiger partial charge on any atom is -0.335 e. The fraction of sp³-hybridized carbons (Fsp3) is 0.353. The molecule has 1 heterocycles. The van der Waals surface area contributed by atoms with Gasteiger partial charge in [-0.3, -0.25) is 4.57 Å². The fourth-order valence-corrected chi connectivity index (χ4v) is 2.54. The Labute approximate surface area is 134 Å². The van der Waals surface area contributed by atoms with Crippen LogP contribution in [0.15, 0.2) is 47.5 Å². The van der Waals surface area contributed by atoms with Crippen LogP contribution in [-0.2, 0) is 6.54 Å². The van der Waals surface area contributed by atoms with E-state index in [2.05, 4.69) is 15.6 Å². The molecule has 0 bridgehead atoms. The summed E-state index contributed by atoms with van der Waals surface area (Å²) in [5, 5.41) is 5.80. The molecule has 2 N–H and O–H groups in total. The molecular weight excluding hydrogens is 292 g/mol. The minimum atomic E-state index is -0.290. The van der Waals surface area contributed by atoms with E-state index in [1.807, 2.05) is 31.2 Å². The molecule has 6 heteroatoms. The lowest BCUT2D eigenvalue weighted by Crippen LogP contribution is -2.37. The number of aromatic nitrogens is 2. The van der Waals surface area contributed by atoms with E-state index in [0.29, 0.717) is 18.2 Å². The molecule has 1 aliphatic rings. The van der Waals surface area contributed by atoms with Crippen LogP contribution in [0.5, 0.6) is 0 Å². The Hall–Kier alpha value is -2.63. The molecule has 1 unspecified atom stereocenters. The standard InChI is InChI=1S/C17H20N4O2/c1-12(14-6-7-14)19-16(22)20-15-5-2-4-13(10-15)11-21-9-3-8-18-17(21)23/h2-5,8-10,12,14H,6-7,11H2,1H3,(H2,19,20,22). The number of nitrogens with one attached hydrogen (secondary N) is 2. The van der Waals surface area contributed by atoms with Gasteiger partial charge in [-0.1, -0.05) is 12.1 Å². The topological polar surface area (TPSA) is 76.0 Å². The van der Waals surface area contributed by atoms with Gasteiger partial charge in [0, 0.05) is 24.1 Å². The molecule has 120 valence electrons. The van der Waals surface area contributed by atoms with Crippen molar-refractivity contribution < 1.29 is 4.79 Å². The lowest BCUT2D eigenvalue weighted by molar-refractivity contribution is 0.248. The summed E-state index contributed by atoms with van der Waals surface area (Å²) in [5.74, 6) is 0.615. The maximum atomic E-state index is 12.0. The van der Waals surface area contributed by atoms with E-state index in [4.69, 9.17) is 0 Å². The predicted octanol–water partition coefficient (Wildman–Crippen LogP) is 2.21. The van der Waals surface area contributed by atoms with E-state index >= 15 is 0 Å². The molecule has 0 radical (unpaired) electrons. The van der Waals surface area contributed by atoms with Gasteiger partial charge >= 0.3 is 11.7 Å². The van der Waals surface area contributed by atoms with E-state index < -0.39 is 0 Å². The number of urea groups is 1. The molecule has 1 aromatic heterocycles. The summed E-state index contributed by atoms with van der Waals surface area (Å²) >= 11 is 0. The van der Waals surface area contributed by atoms with Gasteiger partial charge in [0.05, 0.1) is 6.54 Å². The first-order valence-corrected chi connectivity index (χ1v) is 7.80. The Kier molecular flexibility index (Phi) is 4.41. The minimum absolute atomic E-state index is 0.194. The van der Waals surface area contributed by atoms with Gasteiger partial charge in [-0.05, 0) is 49.4 Å². The Balaban J connectivity index is 1.64. The van der Waals surface area contributed by atoms with Gasteiger partial charge in [0.2, 0.25) is 0 Å². The zero-order chi connectivity index (χ0) is 16.2. The number of hydrogen-bond donors (Lipinski definition) is 2. The van der Waals surface area contributed by atoms with E-state index in [1.165, 1.54) is 23.6 Å². The molecule has 1 fully saturated rings. The third-order valence-corrected chi connectivity index (χ3v) is 4.01. The van der Waals surface area contributed by atoms with Gasteiger partial charge in [-0.2, -0.15) is 0 Å². The molecule has 1 aromatic carbocycles. The zero-order valence-electron chi connectivity index (χ0n) is 13.0. The number of amides is 2. The highest BCUT2D eigenvalue weighted by atomic mass is 16.2. The van der Waals surface area contributed by atoms with Crippen LogP contribution in [0.4, 0.5) is 10.5 Å². The lowest BCUT2D eigenvalue weighted by atomic mass is 10.2. The maximum Gasteiger partial charge on any atom is 0.347 e. The summed E-state index contributed by atoms with van der Waals surface area (Å²) in [6.45, 7) is 2.45. The van der Waals surface area contributed by atoms with Crippen LogP contribution in [0.3, 0.4) is 0 Å². The number of carbonyl (C=O) groups is 1. The van der Waals surface area contributed by atoms with Crippen molar-refractivity contribution in [2.45, 2.75) is 32.4 Å². The van der Waals surface area contributed by atoms with Crippen molar-refractivity contribution in [2.24, 2.45) is 5.92 Å². The van der Waals surface area contributed by atoms with Crippen LogP contribution in [0.1, 0.15) is 25.3 Å². The fourth-order valence-electron chi connectivity index (χ4n) is 2.54. The van der Waals surface area contributed by atoms with Crippen molar-refractivity contribution in [1.82, 2.24) is 14.9 Å². The van der Waals surface area contributed by atoms with Crippen LogP contribution in [0, 0.1) is 5.92 Å². The van der Waals surface area contributed by atoms with E-state index in [1.54, 1.807) is 12.3 Å². The van der Waals surface area contributed by atoms with Gasteiger partial charge < -0.3 is 10.6 Å². The van der Waals surface area contributed by atoms with E-state index in [0.717, 1.165) is 5.56 Å². The first-order valence-electron chi connectivity index (χ1n) is 7.80. The molecule has 2 amide bonds. The monoisotopic (exact) mass is 312 g/mol. The number of rotatable bonds is 5. The molecule has 23 heavy (non-hydrogen) atoms. The summed E-state index contributed by atoms with van der Waals surface area (Å²) in [4.78, 5) is 27.4. The second-order valence-corrected chi connectivity index (χ2v) is 5.96. The third kappa shape index (κ3) is 4.18. The van der Waals surface area contributed by atoms with Crippen LogP contribution in [-0.4, -0.2) is 21.6 Å². The number of hydrogen-bond acceptors (Lipinski definition) is 3. The van der Waals surface area contributed by atoms with Crippen molar-refractivity contribution in [1.29, 1.82) is 0 Å². The lowest BCUT2D eigenvalue weighted by Gasteiger charge is -2.14. The first-order chi connectivity index (χ1) is 11.1. The van der Waals surface area contributed by atoms with Gasteiger partial charge in [0.15, 0.2) is 0 Å². The molecule has 0 aliphatic heterocycles. The van der Waals surface area contributed by atoms with Gasteiger partial charge in [0.1, 0.15) is 0 Å². The highest BCUT2D eigenvalue weighted by Gasteiger charge is 2.28. The van der Waals surface area contributed by atoms with Crippen LogP contribution in [0.2, 0.25) is 0 Å². The molecule has 6 nitrogen and oxygen atoms in total. The van der Waals surface area contributed by atoms with Crippen LogP contribution in [0.25, 0.3) is 0 Å². The van der Waals surface area contributed by atoms with Crippen LogP contribution < -0.4 is 16.3 Å². The molecule has 1 saturated carbocycles. The Morgan fingerprint density at radius 1 is 1.39 bits per heavy atom. The zero-order valence-corrected chi connectivity index (χ0v) is 13.0. The second-order valence-electron chi connectivity index (χ2n) is 5.96. The Bertz CT molecular complexity index is 752. The van der Waals surface area contributed by atoms with Gasteiger partial charge in [-0.15, -0.1) is 0 Å². The molecule has 0 spiro atoms. The quantitative estimate of drug-likeness (QED) is 0.889. The molecule has 0 saturated heterocycles. The largest absolute Gasteiger partial charge is 0.347 e. The van der Waals surface area contributed by atoms with Crippen molar-refractivity contribution in [3.8, 4) is 0 Å². The van der Waals surface area contributed by atoms with Crippen molar-refractivity contribution >= 4 is 11.7 Å². The number of anilines is 1. The average Bonchev–Trinajstić information content (AvgIpc) is 3.34. The predicted molar refractivity (Wildman–Crippen MR) is 88.4 cm³/mol. The number of nitrogens with zero attached hydrogens (tertiary/aromatic N) is 2. The average molecular weight is 312 g/mol. The van der Waals surface area contributed by atoms with E-state index in [-0.39, 0.29) is 17.8 Å².